The minimum Gasteiger partial charge on any atom is -0.494 e. The summed E-state index contributed by atoms with van der Waals surface area (Å²) in [7, 11) is 3.64. The van der Waals surface area contributed by atoms with E-state index in [0.29, 0.717) is 11.6 Å². The molecule has 0 unspecified atom stereocenters. The van der Waals surface area contributed by atoms with Crippen LogP contribution in [0.4, 0.5) is 0 Å². The van der Waals surface area contributed by atoms with E-state index in [1.807, 2.05) is 19.3 Å². The number of fused-ring (bicyclic) bond motifs is 1. The Morgan fingerprint density at radius 3 is 2.61 bits per heavy atom. The number of nitrogens with zero attached hydrogens (tertiary/aromatic N) is 3. The molecule has 4 heteroatoms. The molecule has 3 aromatic rings. The maximum absolute atomic E-state index is 5.05. The Labute approximate surface area is 105 Å². The number of ether oxygens (including phenoxy) is 1. The number of methoxy groups -OCH3 is 1. The highest BCUT2D eigenvalue weighted by Gasteiger charge is 2.04. The SMILES string of the molecule is COc1cnc(-c2ccc3c(ccn3C)c2)nc1. The minimum atomic E-state index is 0.666. The van der Waals surface area contributed by atoms with E-state index >= 15 is 0 Å². The molecule has 2 heterocycles. The summed E-state index contributed by atoms with van der Waals surface area (Å²) in [4.78, 5) is 8.58. The Bertz CT molecular complexity index is 686. The second-order valence-electron chi connectivity index (χ2n) is 4.15. The fourth-order valence-corrected chi connectivity index (χ4v) is 1.99. The van der Waals surface area contributed by atoms with Gasteiger partial charge in [-0.3, -0.25) is 0 Å². The van der Waals surface area contributed by atoms with Crippen LogP contribution in [-0.2, 0) is 7.05 Å². The van der Waals surface area contributed by atoms with Crippen LogP contribution in [0.25, 0.3) is 22.3 Å². The van der Waals surface area contributed by atoms with E-state index in [9.17, 15) is 0 Å². The van der Waals surface area contributed by atoms with Crippen molar-refractivity contribution in [1.82, 2.24) is 14.5 Å². The van der Waals surface area contributed by atoms with Crippen molar-refractivity contribution < 1.29 is 4.74 Å². The Kier molecular flexibility index (Phi) is 2.48. The van der Waals surface area contributed by atoms with Gasteiger partial charge in [0.1, 0.15) is 0 Å². The van der Waals surface area contributed by atoms with Gasteiger partial charge >= 0.3 is 0 Å². The van der Waals surface area contributed by atoms with Crippen LogP contribution in [0.2, 0.25) is 0 Å². The molecular weight excluding hydrogens is 226 g/mol. The lowest BCUT2D eigenvalue weighted by molar-refractivity contribution is 0.411. The maximum Gasteiger partial charge on any atom is 0.159 e. The van der Waals surface area contributed by atoms with Gasteiger partial charge in [-0.15, -0.1) is 0 Å². The molecule has 0 bridgehead atoms. The quantitative estimate of drug-likeness (QED) is 0.690. The fraction of sp³-hybridized carbons (Fsp3) is 0.143. The molecule has 0 aliphatic rings. The molecule has 0 radical (unpaired) electrons. The normalized spacial score (nSPS) is 10.8. The van der Waals surface area contributed by atoms with Gasteiger partial charge in [0.25, 0.3) is 0 Å². The third kappa shape index (κ3) is 1.72. The summed E-state index contributed by atoms with van der Waals surface area (Å²) < 4.78 is 7.14. The maximum atomic E-state index is 5.05. The second-order valence-corrected chi connectivity index (χ2v) is 4.15. The number of hydrogen-bond acceptors (Lipinski definition) is 3. The van der Waals surface area contributed by atoms with Gasteiger partial charge in [-0.1, -0.05) is 0 Å². The molecule has 0 N–H and O–H groups in total. The van der Waals surface area contributed by atoms with Crippen molar-refractivity contribution in [2.75, 3.05) is 7.11 Å². The highest BCUT2D eigenvalue weighted by molar-refractivity contribution is 5.84. The van der Waals surface area contributed by atoms with E-state index in [4.69, 9.17) is 4.74 Å². The van der Waals surface area contributed by atoms with Gasteiger partial charge in [0, 0.05) is 29.7 Å². The van der Waals surface area contributed by atoms with Crippen LogP contribution in [0.15, 0.2) is 42.9 Å². The molecule has 0 amide bonds. The zero-order chi connectivity index (χ0) is 12.5. The van der Waals surface area contributed by atoms with Crippen LogP contribution in [0.3, 0.4) is 0 Å². The third-order valence-corrected chi connectivity index (χ3v) is 3.01. The summed E-state index contributed by atoms with van der Waals surface area (Å²) in [6, 6.07) is 8.29. The fourth-order valence-electron chi connectivity index (χ4n) is 1.99. The summed E-state index contributed by atoms with van der Waals surface area (Å²) in [5, 5.41) is 1.19. The molecule has 0 aliphatic carbocycles. The first-order chi connectivity index (χ1) is 8.78. The monoisotopic (exact) mass is 239 g/mol. The van der Waals surface area contributed by atoms with Gasteiger partial charge in [0.05, 0.1) is 19.5 Å². The number of hydrogen-bond donors (Lipinski definition) is 0. The Morgan fingerprint density at radius 2 is 1.89 bits per heavy atom. The number of aryl methyl sites for hydroxylation is 1. The largest absolute Gasteiger partial charge is 0.494 e. The van der Waals surface area contributed by atoms with Gasteiger partial charge in [-0.25, -0.2) is 9.97 Å². The summed E-state index contributed by atoms with van der Waals surface area (Å²) in [5.41, 5.74) is 2.21. The Hall–Kier alpha value is -2.36. The molecule has 0 fully saturated rings. The first-order valence-corrected chi connectivity index (χ1v) is 5.69. The number of benzene rings is 1. The van der Waals surface area contributed by atoms with Gasteiger partial charge in [-0.2, -0.15) is 0 Å². The molecule has 18 heavy (non-hydrogen) atoms. The second kappa shape index (κ2) is 4.14. The van der Waals surface area contributed by atoms with Crippen LogP contribution < -0.4 is 4.74 Å². The van der Waals surface area contributed by atoms with E-state index in [0.717, 1.165) is 5.56 Å². The summed E-state index contributed by atoms with van der Waals surface area (Å²) in [6.07, 6.45) is 5.40. The summed E-state index contributed by atoms with van der Waals surface area (Å²) >= 11 is 0. The third-order valence-electron chi connectivity index (χ3n) is 3.01. The van der Waals surface area contributed by atoms with E-state index in [1.54, 1.807) is 19.5 Å². The average Bonchev–Trinajstić information content (AvgIpc) is 2.80. The molecule has 0 aliphatic heterocycles. The molecule has 0 atom stereocenters. The smallest absolute Gasteiger partial charge is 0.159 e. The van der Waals surface area contributed by atoms with Crippen molar-refractivity contribution in [3.05, 3.63) is 42.9 Å². The van der Waals surface area contributed by atoms with E-state index in [-0.39, 0.29) is 0 Å². The van der Waals surface area contributed by atoms with Crippen molar-refractivity contribution in [2.24, 2.45) is 7.05 Å². The molecule has 0 saturated carbocycles. The van der Waals surface area contributed by atoms with Crippen molar-refractivity contribution in [3.63, 3.8) is 0 Å². The first-order valence-electron chi connectivity index (χ1n) is 5.69. The minimum absolute atomic E-state index is 0.666. The molecular formula is C14H13N3O. The van der Waals surface area contributed by atoms with E-state index < -0.39 is 0 Å². The Morgan fingerprint density at radius 1 is 1.11 bits per heavy atom. The van der Waals surface area contributed by atoms with Gasteiger partial charge < -0.3 is 9.30 Å². The average molecular weight is 239 g/mol. The molecule has 1 aromatic carbocycles. The lowest BCUT2D eigenvalue weighted by Gasteiger charge is -2.03. The standard InChI is InChI=1S/C14H13N3O/c1-17-6-5-10-7-11(3-4-13(10)17)14-15-8-12(18-2)9-16-14/h3-9H,1-2H3. The van der Waals surface area contributed by atoms with Crippen LogP contribution in [-0.4, -0.2) is 21.6 Å². The molecule has 0 spiro atoms. The lowest BCUT2D eigenvalue weighted by atomic mass is 10.1. The number of rotatable bonds is 2. The van der Waals surface area contributed by atoms with Crippen LogP contribution in [0, 0.1) is 0 Å². The summed E-state index contributed by atoms with van der Waals surface area (Å²) in [5.74, 6) is 1.38. The topological polar surface area (TPSA) is 39.9 Å². The van der Waals surface area contributed by atoms with Crippen molar-refractivity contribution >= 4 is 10.9 Å². The van der Waals surface area contributed by atoms with Gasteiger partial charge in [-0.05, 0) is 24.3 Å². The van der Waals surface area contributed by atoms with Crippen molar-refractivity contribution in [2.45, 2.75) is 0 Å². The molecule has 4 nitrogen and oxygen atoms in total. The Balaban J connectivity index is 2.07. The van der Waals surface area contributed by atoms with Gasteiger partial charge in [0.15, 0.2) is 11.6 Å². The van der Waals surface area contributed by atoms with Crippen molar-refractivity contribution in [3.8, 4) is 17.1 Å². The molecule has 0 saturated heterocycles. The lowest BCUT2D eigenvalue weighted by Crippen LogP contribution is -1.91. The first kappa shape index (κ1) is 10.8. The van der Waals surface area contributed by atoms with Crippen molar-refractivity contribution in [1.29, 1.82) is 0 Å². The highest BCUT2D eigenvalue weighted by Crippen LogP contribution is 2.22. The molecule has 2 aromatic heterocycles. The van der Waals surface area contributed by atoms with Gasteiger partial charge in [0.2, 0.25) is 0 Å². The zero-order valence-corrected chi connectivity index (χ0v) is 10.3. The van der Waals surface area contributed by atoms with Crippen LogP contribution >= 0.6 is 0 Å². The predicted molar refractivity (Wildman–Crippen MR) is 70.5 cm³/mol. The van der Waals surface area contributed by atoms with Crippen LogP contribution in [0.5, 0.6) is 5.75 Å². The number of aromatic nitrogens is 3. The highest BCUT2D eigenvalue weighted by atomic mass is 16.5. The van der Waals surface area contributed by atoms with E-state index in [2.05, 4.69) is 32.7 Å². The van der Waals surface area contributed by atoms with E-state index in [1.165, 1.54) is 10.9 Å². The zero-order valence-electron chi connectivity index (χ0n) is 10.3. The predicted octanol–water partition coefficient (Wildman–Crippen LogP) is 2.64. The molecule has 90 valence electrons. The van der Waals surface area contributed by atoms with Crippen LogP contribution in [0.1, 0.15) is 0 Å². The molecule has 3 rings (SSSR count). The summed E-state index contributed by atoms with van der Waals surface area (Å²) in [6.45, 7) is 0.